The first kappa shape index (κ1) is 17.4. The Bertz CT molecular complexity index is 407. The molecule has 0 unspecified atom stereocenters. The van der Waals surface area contributed by atoms with E-state index >= 15 is 0 Å². The van der Waals surface area contributed by atoms with Gasteiger partial charge in [0.15, 0.2) is 0 Å². The van der Waals surface area contributed by atoms with E-state index in [9.17, 15) is 0 Å². The van der Waals surface area contributed by atoms with Gasteiger partial charge in [0.25, 0.3) is 0 Å². The second kappa shape index (κ2) is 9.95. The van der Waals surface area contributed by atoms with Gasteiger partial charge in [0.05, 0.1) is 5.69 Å². The highest BCUT2D eigenvalue weighted by molar-refractivity contribution is 4.92. The van der Waals surface area contributed by atoms with E-state index in [1.54, 1.807) is 0 Å². The first-order chi connectivity index (χ1) is 10.8. The van der Waals surface area contributed by atoms with Gasteiger partial charge in [0, 0.05) is 25.9 Å². The molecule has 1 N–H and O–H groups in total. The molecule has 1 fully saturated rings. The first-order valence-electron chi connectivity index (χ1n) is 9.04. The molecule has 2 heterocycles. The van der Waals surface area contributed by atoms with E-state index in [2.05, 4.69) is 28.3 Å². The van der Waals surface area contributed by atoms with Crippen LogP contribution in [0.3, 0.4) is 0 Å². The summed E-state index contributed by atoms with van der Waals surface area (Å²) in [4.78, 5) is 2.63. The Balaban J connectivity index is 1.71. The van der Waals surface area contributed by atoms with Crippen LogP contribution in [0.2, 0.25) is 0 Å². The van der Waals surface area contributed by atoms with Gasteiger partial charge in [-0.05, 0) is 51.1 Å². The molecule has 0 saturated carbocycles. The molecule has 1 aliphatic heterocycles. The molecule has 0 aliphatic carbocycles. The summed E-state index contributed by atoms with van der Waals surface area (Å²) >= 11 is 0. The molecule has 2 rings (SSSR count). The van der Waals surface area contributed by atoms with Gasteiger partial charge < -0.3 is 10.0 Å². The van der Waals surface area contributed by atoms with Crippen molar-refractivity contribution in [2.45, 2.75) is 64.8 Å². The van der Waals surface area contributed by atoms with Gasteiger partial charge in [-0.2, -0.15) is 0 Å². The van der Waals surface area contributed by atoms with Gasteiger partial charge in [-0.1, -0.05) is 31.4 Å². The molecule has 0 radical (unpaired) electrons. The highest BCUT2D eigenvalue weighted by Gasteiger charge is 2.20. The molecule has 5 nitrogen and oxygen atoms in total. The zero-order chi connectivity index (χ0) is 15.6. The number of rotatable bonds is 10. The molecule has 1 saturated heterocycles. The van der Waals surface area contributed by atoms with E-state index in [-0.39, 0.29) is 6.61 Å². The third-order valence-electron chi connectivity index (χ3n) is 4.55. The Kier molecular flexibility index (Phi) is 7.88. The molecule has 126 valence electrons. The molecular formula is C17H32N4O. The largest absolute Gasteiger partial charge is 0.396 e. The van der Waals surface area contributed by atoms with Crippen LogP contribution in [0.5, 0.6) is 0 Å². The zero-order valence-electron chi connectivity index (χ0n) is 14.1. The lowest BCUT2D eigenvalue weighted by atomic mass is 9.97. The zero-order valence-corrected chi connectivity index (χ0v) is 14.1. The molecule has 0 bridgehead atoms. The minimum absolute atomic E-state index is 0.225. The summed E-state index contributed by atoms with van der Waals surface area (Å²) in [6.45, 7) is 7.21. The average molecular weight is 308 g/mol. The van der Waals surface area contributed by atoms with Crippen LogP contribution in [-0.2, 0) is 13.0 Å². The quantitative estimate of drug-likeness (QED) is 0.675. The van der Waals surface area contributed by atoms with Gasteiger partial charge in [-0.25, -0.2) is 0 Å². The summed E-state index contributed by atoms with van der Waals surface area (Å²) in [6, 6.07) is 0. The summed E-state index contributed by atoms with van der Waals surface area (Å²) in [5.74, 6) is 0.701. The van der Waals surface area contributed by atoms with Gasteiger partial charge in [-0.15, -0.1) is 5.10 Å². The highest BCUT2D eigenvalue weighted by Crippen LogP contribution is 2.19. The summed E-state index contributed by atoms with van der Waals surface area (Å²) in [7, 11) is 0. The predicted molar refractivity (Wildman–Crippen MR) is 88.7 cm³/mol. The van der Waals surface area contributed by atoms with Gasteiger partial charge in [-0.3, -0.25) is 4.68 Å². The lowest BCUT2D eigenvalue weighted by molar-refractivity contribution is 0.157. The summed E-state index contributed by atoms with van der Waals surface area (Å²) in [5.41, 5.74) is 1.00. The number of aliphatic hydroxyl groups is 1. The van der Waals surface area contributed by atoms with Crippen LogP contribution in [0.15, 0.2) is 6.20 Å². The fourth-order valence-corrected chi connectivity index (χ4v) is 3.33. The molecule has 1 aromatic heterocycles. The minimum atomic E-state index is 0.225. The Morgan fingerprint density at radius 1 is 1.27 bits per heavy atom. The average Bonchev–Trinajstić information content (AvgIpc) is 2.97. The lowest BCUT2D eigenvalue weighted by Gasteiger charge is -2.32. The Hall–Kier alpha value is -0.940. The summed E-state index contributed by atoms with van der Waals surface area (Å²) in [6.07, 6.45) is 11.7. The molecule has 1 aliphatic rings. The van der Waals surface area contributed by atoms with E-state index in [0.717, 1.165) is 25.1 Å². The summed E-state index contributed by atoms with van der Waals surface area (Å²) in [5, 5.41) is 17.3. The van der Waals surface area contributed by atoms with Crippen molar-refractivity contribution in [3.63, 3.8) is 0 Å². The van der Waals surface area contributed by atoms with Gasteiger partial charge in [0.2, 0.25) is 0 Å². The number of aryl methyl sites for hydroxylation is 1. The van der Waals surface area contributed by atoms with Crippen molar-refractivity contribution in [1.82, 2.24) is 19.9 Å². The van der Waals surface area contributed by atoms with Crippen LogP contribution in [0, 0.1) is 5.92 Å². The number of aliphatic hydroxyl groups excluding tert-OH is 1. The fraction of sp³-hybridized carbons (Fsp3) is 0.882. The number of piperidine rings is 1. The number of nitrogens with zero attached hydrogens (tertiary/aromatic N) is 4. The van der Waals surface area contributed by atoms with E-state index < -0.39 is 0 Å². The van der Waals surface area contributed by atoms with Crippen LogP contribution in [0.25, 0.3) is 0 Å². The molecule has 0 aromatic carbocycles. The number of hydrogen-bond acceptors (Lipinski definition) is 4. The smallest absolute Gasteiger partial charge is 0.0828 e. The van der Waals surface area contributed by atoms with E-state index in [4.69, 9.17) is 5.11 Å². The number of hydrogen-bond donors (Lipinski definition) is 1. The topological polar surface area (TPSA) is 54.2 Å². The van der Waals surface area contributed by atoms with Crippen LogP contribution in [0.4, 0.5) is 0 Å². The first-order valence-corrected chi connectivity index (χ1v) is 9.04. The van der Waals surface area contributed by atoms with E-state index in [0.29, 0.717) is 5.92 Å². The van der Waals surface area contributed by atoms with Crippen molar-refractivity contribution in [3.8, 4) is 0 Å². The monoisotopic (exact) mass is 308 g/mol. The SMILES string of the molecule is CCCCCCN1CCC[C@H](Cn2cc(CCCO)nn2)C1. The Morgan fingerprint density at radius 3 is 3.00 bits per heavy atom. The fourth-order valence-electron chi connectivity index (χ4n) is 3.33. The number of aromatic nitrogens is 3. The third kappa shape index (κ3) is 6.05. The van der Waals surface area contributed by atoms with Crippen LogP contribution >= 0.6 is 0 Å². The van der Waals surface area contributed by atoms with Crippen LogP contribution in [-0.4, -0.2) is 51.2 Å². The predicted octanol–water partition coefficient (Wildman–Crippen LogP) is 2.50. The molecular weight excluding hydrogens is 276 g/mol. The molecule has 0 amide bonds. The van der Waals surface area contributed by atoms with E-state index in [1.807, 2.05) is 4.68 Å². The molecule has 1 atom stereocenters. The Labute approximate surface area is 134 Å². The second-order valence-electron chi connectivity index (χ2n) is 6.63. The van der Waals surface area contributed by atoms with E-state index in [1.165, 1.54) is 58.2 Å². The molecule has 5 heteroatoms. The molecule has 22 heavy (non-hydrogen) atoms. The van der Waals surface area contributed by atoms with Gasteiger partial charge >= 0.3 is 0 Å². The van der Waals surface area contributed by atoms with Crippen molar-refractivity contribution in [2.75, 3.05) is 26.2 Å². The second-order valence-corrected chi connectivity index (χ2v) is 6.63. The summed E-state index contributed by atoms with van der Waals surface area (Å²) < 4.78 is 2.00. The molecule has 0 spiro atoms. The minimum Gasteiger partial charge on any atom is -0.396 e. The Morgan fingerprint density at radius 2 is 2.18 bits per heavy atom. The maximum Gasteiger partial charge on any atom is 0.0828 e. The van der Waals surface area contributed by atoms with Crippen molar-refractivity contribution in [1.29, 1.82) is 0 Å². The standard InChI is InChI=1S/C17H32N4O/c1-2-3-4-5-10-20-11-6-8-16(13-20)14-21-15-17(18-19-21)9-7-12-22/h15-16,22H,2-14H2,1H3/t16-/m0/s1. The van der Waals surface area contributed by atoms with Crippen molar-refractivity contribution in [2.24, 2.45) is 5.92 Å². The van der Waals surface area contributed by atoms with Crippen LogP contribution < -0.4 is 0 Å². The van der Waals surface area contributed by atoms with Gasteiger partial charge in [0.1, 0.15) is 0 Å². The maximum absolute atomic E-state index is 8.87. The maximum atomic E-state index is 8.87. The lowest BCUT2D eigenvalue weighted by Crippen LogP contribution is -2.37. The number of unbranched alkanes of at least 4 members (excludes halogenated alkanes) is 3. The van der Waals surface area contributed by atoms with Crippen molar-refractivity contribution < 1.29 is 5.11 Å². The molecule has 1 aromatic rings. The van der Waals surface area contributed by atoms with Crippen molar-refractivity contribution >= 4 is 0 Å². The number of likely N-dealkylation sites (tertiary alicyclic amines) is 1. The normalized spacial score (nSPS) is 19.6. The van der Waals surface area contributed by atoms with Crippen LogP contribution in [0.1, 0.15) is 57.6 Å². The third-order valence-corrected chi connectivity index (χ3v) is 4.55. The van der Waals surface area contributed by atoms with Crippen molar-refractivity contribution in [3.05, 3.63) is 11.9 Å². The highest BCUT2D eigenvalue weighted by atomic mass is 16.2.